The van der Waals surface area contributed by atoms with Gasteiger partial charge in [0.05, 0.1) is 0 Å². The molecule has 0 aliphatic carbocycles. The normalized spacial score (nSPS) is 13.7. The van der Waals surface area contributed by atoms with Crippen LogP contribution in [0.15, 0.2) is 59.1 Å². The van der Waals surface area contributed by atoms with Crippen LogP contribution < -0.4 is 5.73 Å². The van der Waals surface area contributed by atoms with Crippen LogP contribution in [0.2, 0.25) is 0 Å². The second kappa shape index (κ2) is 6.20. The first-order valence-electron chi connectivity index (χ1n) is 6.34. The number of carboxylic acid groups (broad SMARTS) is 1. The molecule has 0 heterocycles. The van der Waals surface area contributed by atoms with Crippen molar-refractivity contribution in [3.63, 3.8) is 0 Å². The molecule has 4 heteroatoms. The first kappa shape index (κ1) is 14.8. The minimum atomic E-state index is -1.36. The zero-order valence-electron chi connectivity index (χ0n) is 10.9. The van der Waals surface area contributed by atoms with Gasteiger partial charge in [-0.3, -0.25) is 0 Å². The Morgan fingerprint density at radius 1 is 1.15 bits per heavy atom. The van der Waals surface area contributed by atoms with Crippen LogP contribution in [-0.4, -0.2) is 11.1 Å². The third kappa shape index (κ3) is 3.26. The molecule has 2 aromatic carbocycles. The second-order valence-electron chi connectivity index (χ2n) is 4.77. The Kier molecular flexibility index (Phi) is 4.57. The van der Waals surface area contributed by atoms with Gasteiger partial charge in [0.2, 0.25) is 0 Å². The Labute approximate surface area is 126 Å². The molecule has 104 valence electrons. The van der Waals surface area contributed by atoms with Crippen molar-refractivity contribution < 1.29 is 9.90 Å². The lowest BCUT2D eigenvalue weighted by molar-refractivity contribution is -0.144. The number of halogens is 1. The molecule has 0 unspecified atom stereocenters. The predicted molar refractivity (Wildman–Crippen MR) is 82.4 cm³/mol. The number of carboxylic acids is 1. The van der Waals surface area contributed by atoms with Crippen LogP contribution in [-0.2, 0) is 16.8 Å². The standard InChI is InChI=1S/C16H16BrNO2/c17-14-8-4-5-12(11-14)9-10-16(18,15(19)20)13-6-2-1-3-7-13/h1-8,11H,9-10,18H2,(H,19,20)/t16-/m1/s1. The quantitative estimate of drug-likeness (QED) is 0.882. The topological polar surface area (TPSA) is 63.3 Å². The molecule has 0 amide bonds. The molecule has 2 rings (SSSR count). The maximum absolute atomic E-state index is 11.6. The van der Waals surface area contributed by atoms with Crippen molar-refractivity contribution in [2.24, 2.45) is 5.73 Å². The van der Waals surface area contributed by atoms with Crippen molar-refractivity contribution >= 4 is 21.9 Å². The maximum atomic E-state index is 11.6. The van der Waals surface area contributed by atoms with Gasteiger partial charge in [-0.15, -0.1) is 0 Å². The van der Waals surface area contributed by atoms with Crippen LogP contribution in [0.4, 0.5) is 0 Å². The Balaban J connectivity index is 2.20. The zero-order valence-corrected chi connectivity index (χ0v) is 12.5. The van der Waals surface area contributed by atoms with Gasteiger partial charge in [-0.1, -0.05) is 58.4 Å². The monoisotopic (exact) mass is 333 g/mol. The molecule has 0 radical (unpaired) electrons. The summed E-state index contributed by atoms with van der Waals surface area (Å²) in [5.74, 6) is -1.00. The van der Waals surface area contributed by atoms with Crippen molar-refractivity contribution in [3.05, 3.63) is 70.2 Å². The summed E-state index contributed by atoms with van der Waals surface area (Å²) in [6, 6.07) is 16.8. The highest BCUT2D eigenvalue weighted by atomic mass is 79.9. The van der Waals surface area contributed by atoms with Gasteiger partial charge in [0, 0.05) is 4.47 Å². The van der Waals surface area contributed by atoms with Gasteiger partial charge in [-0.2, -0.15) is 0 Å². The molecule has 20 heavy (non-hydrogen) atoms. The molecule has 0 fully saturated rings. The van der Waals surface area contributed by atoms with Crippen molar-refractivity contribution in [2.75, 3.05) is 0 Å². The molecule has 3 nitrogen and oxygen atoms in total. The highest BCUT2D eigenvalue weighted by Crippen LogP contribution is 2.25. The van der Waals surface area contributed by atoms with Gasteiger partial charge in [0.15, 0.2) is 0 Å². The minimum absolute atomic E-state index is 0.350. The lowest BCUT2D eigenvalue weighted by Gasteiger charge is -2.25. The predicted octanol–water partition coefficient (Wildman–Crippen LogP) is 3.32. The summed E-state index contributed by atoms with van der Waals surface area (Å²) in [6.07, 6.45) is 0.958. The zero-order chi connectivity index (χ0) is 14.6. The summed E-state index contributed by atoms with van der Waals surface area (Å²) in [5, 5.41) is 9.48. The molecule has 0 saturated carbocycles. The Morgan fingerprint density at radius 2 is 1.85 bits per heavy atom. The van der Waals surface area contributed by atoms with Gasteiger partial charge < -0.3 is 10.8 Å². The summed E-state index contributed by atoms with van der Waals surface area (Å²) >= 11 is 3.41. The number of hydrogen-bond acceptors (Lipinski definition) is 2. The van der Waals surface area contributed by atoms with E-state index in [-0.39, 0.29) is 0 Å². The molecule has 0 aliphatic heterocycles. The molecule has 0 spiro atoms. The van der Waals surface area contributed by atoms with Crippen LogP contribution >= 0.6 is 15.9 Å². The number of rotatable bonds is 5. The molecular formula is C16H16BrNO2. The van der Waals surface area contributed by atoms with Crippen molar-refractivity contribution in [1.29, 1.82) is 0 Å². The third-order valence-electron chi connectivity index (χ3n) is 3.37. The fourth-order valence-electron chi connectivity index (χ4n) is 2.14. The fourth-order valence-corrected chi connectivity index (χ4v) is 2.59. The number of aliphatic carboxylic acids is 1. The average molecular weight is 334 g/mol. The summed E-state index contributed by atoms with van der Waals surface area (Å²) in [5.41, 5.74) is 6.47. The molecule has 0 aliphatic rings. The molecule has 3 N–H and O–H groups in total. The van der Waals surface area contributed by atoms with Gasteiger partial charge in [0.1, 0.15) is 5.54 Å². The molecule has 0 saturated heterocycles. The molecular weight excluding hydrogens is 318 g/mol. The molecule has 0 aromatic heterocycles. The third-order valence-corrected chi connectivity index (χ3v) is 3.86. The Bertz CT molecular complexity index is 600. The van der Waals surface area contributed by atoms with E-state index in [1.807, 2.05) is 30.3 Å². The minimum Gasteiger partial charge on any atom is -0.480 e. The van der Waals surface area contributed by atoms with Crippen molar-refractivity contribution in [2.45, 2.75) is 18.4 Å². The van der Waals surface area contributed by atoms with E-state index in [1.165, 1.54) is 0 Å². The van der Waals surface area contributed by atoms with E-state index in [4.69, 9.17) is 5.73 Å². The lowest BCUT2D eigenvalue weighted by atomic mass is 9.85. The number of nitrogens with two attached hydrogens (primary N) is 1. The highest BCUT2D eigenvalue weighted by molar-refractivity contribution is 9.10. The Hall–Kier alpha value is -1.65. The summed E-state index contributed by atoms with van der Waals surface area (Å²) < 4.78 is 0.979. The van der Waals surface area contributed by atoms with Crippen LogP contribution in [0.3, 0.4) is 0 Å². The number of aryl methyl sites for hydroxylation is 1. The van der Waals surface area contributed by atoms with Crippen LogP contribution in [0.25, 0.3) is 0 Å². The highest BCUT2D eigenvalue weighted by Gasteiger charge is 2.35. The first-order valence-corrected chi connectivity index (χ1v) is 7.14. The summed E-state index contributed by atoms with van der Waals surface area (Å²) in [7, 11) is 0. The van der Waals surface area contributed by atoms with E-state index in [0.29, 0.717) is 18.4 Å². The summed E-state index contributed by atoms with van der Waals surface area (Å²) in [6.45, 7) is 0. The van der Waals surface area contributed by atoms with E-state index in [2.05, 4.69) is 15.9 Å². The van der Waals surface area contributed by atoms with Crippen LogP contribution in [0.1, 0.15) is 17.5 Å². The number of hydrogen-bond donors (Lipinski definition) is 2. The Morgan fingerprint density at radius 3 is 2.45 bits per heavy atom. The number of carbonyl (C=O) groups is 1. The van der Waals surface area contributed by atoms with E-state index < -0.39 is 11.5 Å². The first-order chi connectivity index (χ1) is 9.52. The van der Waals surface area contributed by atoms with Crippen molar-refractivity contribution in [3.8, 4) is 0 Å². The van der Waals surface area contributed by atoms with Crippen LogP contribution in [0, 0.1) is 0 Å². The summed E-state index contributed by atoms with van der Waals surface area (Å²) in [4.78, 5) is 11.6. The van der Waals surface area contributed by atoms with Gasteiger partial charge in [-0.25, -0.2) is 4.79 Å². The van der Waals surface area contributed by atoms with E-state index in [1.54, 1.807) is 24.3 Å². The molecule has 2 aromatic rings. The number of benzene rings is 2. The molecule has 0 bridgehead atoms. The van der Waals surface area contributed by atoms with Gasteiger partial charge in [0.25, 0.3) is 0 Å². The van der Waals surface area contributed by atoms with Gasteiger partial charge in [-0.05, 0) is 36.1 Å². The van der Waals surface area contributed by atoms with E-state index >= 15 is 0 Å². The maximum Gasteiger partial charge on any atom is 0.328 e. The van der Waals surface area contributed by atoms with Crippen LogP contribution in [0.5, 0.6) is 0 Å². The van der Waals surface area contributed by atoms with E-state index in [9.17, 15) is 9.90 Å². The smallest absolute Gasteiger partial charge is 0.328 e. The van der Waals surface area contributed by atoms with Gasteiger partial charge >= 0.3 is 5.97 Å². The lowest BCUT2D eigenvalue weighted by Crippen LogP contribution is -2.45. The molecule has 1 atom stereocenters. The largest absolute Gasteiger partial charge is 0.480 e. The van der Waals surface area contributed by atoms with Crippen molar-refractivity contribution in [1.82, 2.24) is 0 Å². The SMILES string of the molecule is N[C@@](CCc1cccc(Br)c1)(C(=O)O)c1ccccc1. The van der Waals surface area contributed by atoms with E-state index in [0.717, 1.165) is 10.0 Å². The average Bonchev–Trinajstić information content (AvgIpc) is 2.45. The second-order valence-corrected chi connectivity index (χ2v) is 5.69. The fraction of sp³-hybridized carbons (Fsp3) is 0.188.